The van der Waals surface area contributed by atoms with Gasteiger partial charge in [-0.1, -0.05) is 0 Å². The number of ether oxygens (including phenoxy) is 1. The van der Waals surface area contributed by atoms with Crippen molar-refractivity contribution >= 4 is 11.3 Å². The van der Waals surface area contributed by atoms with Crippen molar-refractivity contribution in [3.8, 4) is 0 Å². The zero-order valence-corrected chi connectivity index (χ0v) is 18.1. The monoisotopic (exact) mass is 429 g/mol. The second kappa shape index (κ2) is 8.83. The average Bonchev–Trinajstić information content (AvgIpc) is 3.34. The Morgan fingerprint density at radius 3 is 2.59 bits per heavy atom. The fourth-order valence-electron chi connectivity index (χ4n) is 5.16. The maximum atomic E-state index is 13.4. The highest BCUT2D eigenvalue weighted by Crippen LogP contribution is 2.39. The van der Waals surface area contributed by atoms with E-state index in [-0.39, 0.29) is 18.9 Å². The number of rotatable bonds is 6. The summed E-state index contributed by atoms with van der Waals surface area (Å²) in [4.78, 5) is 9.52. The van der Waals surface area contributed by atoms with Crippen LogP contribution in [-0.4, -0.2) is 71.2 Å². The molecule has 2 saturated heterocycles. The van der Waals surface area contributed by atoms with Crippen LogP contribution in [0.5, 0.6) is 0 Å². The highest BCUT2D eigenvalue weighted by molar-refractivity contribution is 7.09. The SMILES string of the molecule is COC[C@H]1CCCN1Cc1nc(C2(O)CCN(C3CCC(F)(F)CC3)CC2)cs1. The summed E-state index contributed by atoms with van der Waals surface area (Å²) in [7, 11) is 1.75. The second-order valence-electron chi connectivity index (χ2n) is 9.00. The molecule has 5 nitrogen and oxygen atoms in total. The largest absolute Gasteiger partial charge is 0.383 e. The molecule has 0 unspecified atom stereocenters. The number of halogens is 2. The van der Waals surface area contributed by atoms with Gasteiger partial charge in [-0.25, -0.2) is 13.8 Å². The van der Waals surface area contributed by atoms with Crippen molar-refractivity contribution < 1.29 is 18.6 Å². The van der Waals surface area contributed by atoms with Crippen molar-refractivity contribution in [2.45, 2.75) is 81.5 Å². The van der Waals surface area contributed by atoms with Crippen molar-refractivity contribution in [1.82, 2.24) is 14.8 Å². The molecular weight excluding hydrogens is 396 g/mol. The Labute approximate surface area is 176 Å². The average molecular weight is 430 g/mol. The number of piperidine rings is 1. The number of methoxy groups -OCH3 is 1. The molecule has 3 fully saturated rings. The predicted molar refractivity (Wildman–Crippen MR) is 109 cm³/mol. The van der Waals surface area contributed by atoms with Crippen LogP contribution in [0.3, 0.4) is 0 Å². The first-order valence-electron chi connectivity index (χ1n) is 10.9. The Kier molecular flexibility index (Phi) is 6.56. The summed E-state index contributed by atoms with van der Waals surface area (Å²) in [6.07, 6.45) is 4.72. The van der Waals surface area contributed by atoms with Gasteiger partial charge in [-0.3, -0.25) is 4.90 Å². The van der Waals surface area contributed by atoms with E-state index in [0.717, 1.165) is 43.5 Å². The fourth-order valence-corrected chi connectivity index (χ4v) is 6.07. The minimum absolute atomic E-state index is 0.00551. The summed E-state index contributed by atoms with van der Waals surface area (Å²) < 4.78 is 32.2. The Balaban J connectivity index is 1.32. The Morgan fingerprint density at radius 1 is 1.17 bits per heavy atom. The topological polar surface area (TPSA) is 48.8 Å². The standard InChI is InChI=1S/C21H33F2N3O2S/c1-28-14-17-3-2-10-26(17)13-19-24-18(15-29-19)20(27)8-11-25(12-9-20)16-4-6-21(22,23)7-5-16/h15-17,27H,2-14H2,1H3/t17-/m1/s1. The van der Waals surface area contributed by atoms with E-state index in [1.54, 1.807) is 18.4 Å². The van der Waals surface area contributed by atoms with Crippen LogP contribution >= 0.6 is 11.3 Å². The van der Waals surface area contributed by atoms with Crippen LogP contribution in [0.1, 0.15) is 62.1 Å². The molecule has 1 atom stereocenters. The first kappa shape index (κ1) is 21.6. The Hall–Kier alpha value is -0.670. The van der Waals surface area contributed by atoms with Gasteiger partial charge in [0.05, 0.1) is 18.8 Å². The van der Waals surface area contributed by atoms with E-state index >= 15 is 0 Å². The lowest BCUT2D eigenvalue weighted by Crippen LogP contribution is -2.49. The van der Waals surface area contributed by atoms with E-state index in [9.17, 15) is 13.9 Å². The van der Waals surface area contributed by atoms with Gasteiger partial charge < -0.3 is 14.7 Å². The lowest BCUT2D eigenvalue weighted by molar-refractivity contribution is -0.0751. The Bertz CT molecular complexity index is 669. The first-order valence-corrected chi connectivity index (χ1v) is 11.8. The summed E-state index contributed by atoms with van der Waals surface area (Å²) in [5.74, 6) is -2.48. The van der Waals surface area contributed by atoms with Gasteiger partial charge in [-0.2, -0.15) is 0 Å². The molecular formula is C21H33F2N3O2S. The number of thiazole rings is 1. The fraction of sp³-hybridized carbons (Fsp3) is 0.857. The van der Waals surface area contributed by atoms with Gasteiger partial charge in [0.1, 0.15) is 10.6 Å². The molecule has 1 aliphatic carbocycles. The van der Waals surface area contributed by atoms with Gasteiger partial charge in [0, 0.05) is 50.5 Å². The van der Waals surface area contributed by atoms with Gasteiger partial charge in [0.25, 0.3) is 0 Å². The van der Waals surface area contributed by atoms with E-state index in [1.165, 1.54) is 12.8 Å². The van der Waals surface area contributed by atoms with E-state index < -0.39 is 11.5 Å². The molecule has 29 heavy (non-hydrogen) atoms. The van der Waals surface area contributed by atoms with Crippen LogP contribution in [-0.2, 0) is 16.9 Å². The molecule has 0 radical (unpaired) electrons. The van der Waals surface area contributed by atoms with Crippen LogP contribution in [0.2, 0.25) is 0 Å². The molecule has 0 spiro atoms. The molecule has 0 amide bonds. The third kappa shape index (κ3) is 4.98. The minimum atomic E-state index is -2.48. The lowest BCUT2D eigenvalue weighted by atomic mass is 9.85. The predicted octanol–water partition coefficient (Wildman–Crippen LogP) is 3.62. The number of hydrogen-bond donors (Lipinski definition) is 1. The van der Waals surface area contributed by atoms with Crippen molar-refractivity contribution in [3.63, 3.8) is 0 Å². The van der Waals surface area contributed by atoms with Gasteiger partial charge in [-0.15, -0.1) is 11.3 Å². The normalized spacial score (nSPS) is 28.8. The lowest BCUT2D eigenvalue weighted by Gasteiger charge is -2.43. The van der Waals surface area contributed by atoms with E-state index in [2.05, 4.69) is 9.80 Å². The molecule has 1 aromatic rings. The molecule has 1 N–H and O–H groups in total. The Morgan fingerprint density at radius 2 is 1.90 bits per heavy atom. The van der Waals surface area contributed by atoms with Crippen molar-refractivity contribution in [2.24, 2.45) is 0 Å². The molecule has 0 bridgehead atoms. The van der Waals surface area contributed by atoms with E-state index in [4.69, 9.17) is 9.72 Å². The summed E-state index contributed by atoms with van der Waals surface area (Å²) in [5.41, 5.74) is -0.101. The summed E-state index contributed by atoms with van der Waals surface area (Å²) in [5, 5.41) is 14.3. The van der Waals surface area contributed by atoms with Gasteiger partial charge in [-0.05, 0) is 45.1 Å². The zero-order chi connectivity index (χ0) is 20.5. The first-order chi connectivity index (χ1) is 13.9. The number of aromatic nitrogens is 1. The van der Waals surface area contributed by atoms with Crippen LogP contribution in [0, 0.1) is 0 Å². The number of likely N-dealkylation sites (tertiary alicyclic amines) is 2. The molecule has 0 aromatic carbocycles. The highest BCUT2D eigenvalue weighted by atomic mass is 32.1. The molecule has 3 heterocycles. The van der Waals surface area contributed by atoms with E-state index in [1.807, 2.05) is 5.38 Å². The molecule has 8 heteroatoms. The van der Waals surface area contributed by atoms with Crippen molar-refractivity contribution in [2.75, 3.05) is 33.4 Å². The number of aliphatic hydroxyl groups is 1. The van der Waals surface area contributed by atoms with Gasteiger partial charge >= 0.3 is 0 Å². The molecule has 3 aliphatic rings. The summed E-state index contributed by atoms with van der Waals surface area (Å²) in [6.45, 7) is 4.15. The van der Waals surface area contributed by atoms with E-state index in [0.29, 0.717) is 31.7 Å². The van der Waals surface area contributed by atoms with Gasteiger partial charge in [0.15, 0.2) is 0 Å². The third-order valence-corrected chi connectivity index (χ3v) is 7.89. The van der Waals surface area contributed by atoms with Crippen LogP contribution in [0.25, 0.3) is 0 Å². The molecule has 164 valence electrons. The second-order valence-corrected chi connectivity index (χ2v) is 9.95. The third-order valence-electron chi connectivity index (χ3n) is 7.05. The maximum Gasteiger partial charge on any atom is 0.248 e. The van der Waals surface area contributed by atoms with Crippen LogP contribution < -0.4 is 0 Å². The smallest absolute Gasteiger partial charge is 0.248 e. The number of hydrogen-bond acceptors (Lipinski definition) is 6. The maximum absolute atomic E-state index is 13.4. The van der Waals surface area contributed by atoms with Crippen molar-refractivity contribution in [1.29, 1.82) is 0 Å². The molecule has 2 aliphatic heterocycles. The zero-order valence-electron chi connectivity index (χ0n) is 17.3. The highest BCUT2D eigenvalue weighted by Gasteiger charge is 2.41. The summed E-state index contributed by atoms with van der Waals surface area (Å²) >= 11 is 1.63. The quantitative estimate of drug-likeness (QED) is 0.749. The number of alkyl halides is 2. The van der Waals surface area contributed by atoms with Crippen molar-refractivity contribution in [3.05, 3.63) is 16.1 Å². The van der Waals surface area contributed by atoms with Gasteiger partial charge in [0.2, 0.25) is 5.92 Å². The molecule has 4 rings (SSSR count). The summed E-state index contributed by atoms with van der Waals surface area (Å²) in [6, 6.07) is 0.694. The molecule has 1 aromatic heterocycles. The molecule has 1 saturated carbocycles. The van der Waals surface area contributed by atoms with Crippen LogP contribution in [0.4, 0.5) is 8.78 Å². The van der Waals surface area contributed by atoms with Crippen LogP contribution in [0.15, 0.2) is 5.38 Å². The minimum Gasteiger partial charge on any atom is -0.383 e. The number of nitrogens with zero attached hydrogens (tertiary/aromatic N) is 3.